The van der Waals surface area contributed by atoms with Crippen LogP contribution in [0, 0.1) is 0 Å². The van der Waals surface area contributed by atoms with Crippen LogP contribution in [0.3, 0.4) is 0 Å². The Morgan fingerprint density at radius 1 is 1.12 bits per heavy atom. The molecule has 1 aliphatic carbocycles. The lowest BCUT2D eigenvalue weighted by molar-refractivity contribution is 0.400. The Hall–Kier alpha value is -0.280. The Kier molecular flexibility index (Phi) is 7.80. The monoisotopic (exact) mass is 276 g/mol. The molecule has 2 rings (SSSR count). The lowest BCUT2D eigenvalue weighted by atomic mass is 10.1. The van der Waals surface area contributed by atoms with Gasteiger partial charge in [0.05, 0.1) is 0 Å². The van der Waals surface area contributed by atoms with Crippen LogP contribution in [0.25, 0.3) is 0 Å². The van der Waals surface area contributed by atoms with Crippen molar-refractivity contribution in [1.29, 1.82) is 0 Å². The molecule has 1 N–H and O–H groups in total. The van der Waals surface area contributed by atoms with Crippen LogP contribution in [-0.4, -0.2) is 25.0 Å². The summed E-state index contributed by atoms with van der Waals surface area (Å²) in [5.74, 6) is 0. The highest BCUT2D eigenvalue weighted by molar-refractivity contribution is 5.85. The third kappa shape index (κ3) is 5.73. The van der Waals surface area contributed by atoms with Crippen molar-refractivity contribution in [2.24, 2.45) is 0 Å². The van der Waals surface area contributed by atoms with Crippen LogP contribution < -0.4 is 5.32 Å². The normalized spacial score (nSPS) is 14.1. The van der Waals surface area contributed by atoms with Crippen molar-refractivity contribution in [3.8, 4) is 0 Å². The average molecular weight is 277 g/mol. The number of rotatable bonds is 5. The minimum absolute atomic E-state index is 0. The van der Waals surface area contributed by atoms with E-state index in [1.165, 1.54) is 24.0 Å². The molecule has 98 valence electrons. The van der Waals surface area contributed by atoms with Gasteiger partial charge >= 0.3 is 0 Å². The van der Waals surface area contributed by atoms with Gasteiger partial charge in [-0.3, -0.25) is 0 Å². The Balaban J connectivity index is 0.00000128. The van der Waals surface area contributed by atoms with Crippen LogP contribution in [0.4, 0.5) is 0 Å². The first-order valence-corrected chi connectivity index (χ1v) is 5.70. The van der Waals surface area contributed by atoms with Crippen molar-refractivity contribution in [3.05, 3.63) is 35.4 Å². The van der Waals surface area contributed by atoms with E-state index in [0.29, 0.717) is 0 Å². The second kappa shape index (κ2) is 7.93. The number of benzene rings is 1. The van der Waals surface area contributed by atoms with Gasteiger partial charge in [0, 0.05) is 19.1 Å². The lowest BCUT2D eigenvalue weighted by Gasteiger charge is -2.14. The molecule has 17 heavy (non-hydrogen) atoms. The zero-order valence-corrected chi connectivity index (χ0v) is 12.1. The molecule has 0 saturated heterocycles. The standard InChI is InChI=1S/C13H20N2.2ClH/c1-15(2)10-12-6-4-3-5-11(12)9-14-13-7-8-13;;/h3-6,13-14H,7-10H2,1-2H3;2*1H. The summed E-state index contributed by atoms with van der Waals surface area (Å²) in [6, 6.07) is 9.50. The van der Waals surface area contributed by atoms with Crippen molar-refractivity contribution in [3.63, 3.8) is 0 Å². The summed E-state index contributed by atoms with van der Waals surface area (Å²) in [4.78, 5) is 2.22. The summed E-state index contributed by atoms with van der Waals surface area (Å²) < 4.78 is 0. The first kappa shape index (κ1) is 16.7. The fraction of sp³-hybridized carbons (Fsp3) is 0.538. The van der Waals surface area contributed by atoms with Gasteiger partial charge < -0.3 is 10.2 Å². The summed E-state index contributed by atoms with van der Waals surface area (Å²) in [5.41, 5.74) is 2.88. The minimum atomic E-state index is 0. The average Bonchev–Trinajstić information content (AvgIpc) is 2.99. The summed E-state index contributed by atoms with van der Waals surface area (Å²) in [5, 5.41) is 3.57. The molecule has 1 fully saturated rings. The van der Waals surface area contributed by atoms with Gasteiger partial charge in [0.25, 0.3) is 0 Å². The maximum atomic E-state index is 3.57. The van der Waals surface area contributed by atoms with Crippen LogP contribution >= 0.6 is 24.8 Å². The van der Waals surface area contributed by atoms with E-state index in [9.17, 15) is 0 Å². The van der Waals surface area contributed by atoms with Gasteiger partial charge in [-0.1, -0.05) is 24.3 Å². The molecule has 2 nitrogen and oxygen atoms in total. The first-order chi connectivity index (χ1) is 7.25. The molecule has 1 aliphatic rings. The van der Waals surface area contributed by atoms with Gasteiger partial charge in [-0.25, -0.2) is 0 Å². The van der Waals surface area contributed by atoms with Gasteiger partial charge in [0.1, 0.15) is 0 Å². The molecule has 0 spiro atoms. The molecule has 1 aromatic carbocycles. The predicted molar refractivity (Wildman–Crippen MR) is 78.2 cm³/mol. The SMILES string of the molecule is CN(C)Cc1ccccc1CNC1CC1.Cl.Cl. The maximum absolute atomic E-state index is 3.57. The van der Waals surface area contributed by atoms with E-state index in [4.69, 9.17) is 0 Å². The summed E-state index contributed by atoms with van der Waals surface area (Å²) >= 11 is 0. The van der Waals surface area contributed by atoms with E-state index in [-0.39, 0.29) is 24.8 Å². The molecule has 1 aromatic rings. The summed E-state index contributed by atoms with van der Waals surface area (Å²) in [7, 11) is 4.23. The predicted octanol–water partition coefficient (Wildman–Crippen LogP) is 2.84. The number of hydrogen-bond donors (Lipinski definition) is 1. The highest BCUT2D eigenvalue weighted by atomic mass is 35.5. The third-order valence-electron chi connectivity index (χ3n) is 2.76. The van der Waals surface area contributed by atoms with E-state index < -0.39 is 0 Å². The van der Waals surface area contributed by atoms with E-state index in [1.807, 2.05) is 0 Å². The third-order valence-corrected chi connectivity index (χ3v) is 2.76. The van der Waals surface area contributed by atoms with Crippen molar-refractivity contribution >= 4 is 24.8 Å². The van der Waals surface area contributed by atoms with Crippen molar-refractivity contribution in [2.45, 2.75) is 32.0 Å². The molecule has 4 heteroatoms. The van der Waals surface area contributed by atoms with Gasteiger partial charge in [-0.05, 0) is 38.1 Å². The van der Waals surface area contributed by atoms with E-state index >= 15 is 0 Å². The van der Waals surface area contributed by atoms with Crippen LogP contribution in [0.15, 0.2) is 24.3 Å². The minimum Gasteiger partial charge on any atom is -0.310 e. The molecule has 0 atom stereocenters. The lowest BCUT2D eigenvalue weighted by Crippen LogP contribution is -2.18. The molecule has 0 aromatic heterocycles. The summed E-state index contributed by atoms with van der Waals surface area (Å²) in [6.45, 7) is 2.05. The zero-order chi connectivity index (χ0) is 10.7. The highest BCUT2D eigenvalue weighted by Gasteiger charge is 2.20. The number of nitrogens with zero attached hydrogens (tertiary/aromatic N) is 1. The van der Waals surface area contributed by atoms with Gasteiger partial charge in [-0.15, -0.1) is 24.8 Å². The van der Waals surface area contributed by atoms with Crippen LogP contribution in [0.1, 0.15) is 24.0 Å². The molecular weight excluding hydrogens is 255 g/mol. The van der Waals surface area contributed by atoms with Gasteiger partial charge in [-0.2, -0.15) is 0 Å². The van der Waals surface area contributed by atoms with Crippen LogP contribution in [0.5, 0.6) is 0 Å². The second-order valence-electron chi connectivity index (χ2n) is 4.66. The second-order valence-corrected chi connectivity index (χ2v) is 4.66. The van der Waals surface area contributed by atoms with Crippen LogP contribution in [-0.2, 0) is 13.1 Å². The molecule has 0 aliphatic heterocycles. The molecule has 0 radical (unpaired) electrons. The fourth-order valence-corrected chi connectivity index (χ4v) is 1.77. The van der Waals surface area contributed by atoms with Gasteiger partial charge in [0.15, 0.2) is 0 Å². The number of halogens is 2. The van der Waals surface area contributed by atoms with E-state index in [2.05, 4.69) is 48.6 Å². The van der Waals surface area contributed by atoms with Crippen molar-refractivity contribution in [2.75, 3.05) is 14.1 Å². The fourth-order valence-electron chi connectivity index (χ4n) is 1.77. The van der Waals surface area contributed by atoms with Crippen molar-refractivity contribution in [1.82, 2.24) is 10.2 Å². The Morgan fingerprint density at radius 3 is 2.24 bits per heavy atom. The van der Waals surface area contributed by atoms with E-state index in [0.717, 1.165) is 19.1 Å². The van der Waals surface area contributed by atoms with Crippen LogP contribution in [0.2, 0.25) is 0 Å². The molecule has 0 amide bonds. The molecule has 0 bridgehead atoms. The highest BCUT2D eigenvalue weighted by Crippen LogP contribution is 2.20. The number of hydrogen-bond acceptors (Lipinski definition) is 2. The Bertz CT molecular complexity index is 325. The topological polar surface area (TPSA) is 15.3 Å². The molecule has 1 saturated carbocycles. The number of nitrogens with one attached hydrogen (secondary N) is 1. The molecule has 0 unspecified atom stereocenters. The molecule has 0 heterocycles. The summed E-state index contributed by atoms with van der Waals surface area (Å²) in [6.07, 6.45) is 2.71. The van der Waals surface area contributed by atoms with Crippen molar-refractivity contribution < 1.29 is 0 Å². The maximum Gasteiger partial charge on any atom is 0.0230 e. The van der Waals surface area contributed by atoms with E-state index in [1.54, 1.807) is 0 Å². The first-order valence-electron chi connectivity index (χ1n) is 5.70. The Labute approximate surface area is 117 Å². The largest absolute Gasteiger partial charge is 0.310 e. The molecular formula is C13H22Cl2N2. The van der Waals surface area contributed by atoms with Gasteiger partial charge in [0.2, 0.25) is 0 Å². The zero-order valence-electron chi connectivity index (χ0n) is 10.5. The Morgan fingerprint density at radius 2 is 1.71 bits per heavy atom. The smallest absolute Gasteiger partial charge is 0.0230 e. The quantitative estimate of drug-likeness (QED) is 0.890.